The average molecular weight is 372 g/mol. The third-order valence-electron chi connectivity index (χ3n) is 5.77. The maximum absolute atomic E-state index is 12.7. The lowest BCUT2D eigenvalue weighted by atomic mass is 9.79. The first-order valence-electron chi connectivity index (χ1n) is 9.80. The second kappa shape index (κ2) is 7.85. The summed E-state index contributed by atoms with van der Waals surface area (Å²) in [4.78, 5) is 28.0. The van der Waals surface area contributed by atoms with Gasteiger partial charge in [0.1, 0.15) is 5.56 Å². The lowest BCUT2D eigenvalue weighted by Crippen LogP contribution is -2.40. The van der Waals surface area contributed by atoms with E-state index in [1.165, 1.54) is 5.56 Å². The molecule has 0 radical (unpaired) electrons. The smallest absolute Gasteiger partial charge is 0.261 e. The van der Waals surface area contributed by atoms with Gasteiger partial charge in [-0.05, 0) is 36.1 Å². The van der Waals surface area contributed by atoms with Gasteiger partial charge in [-0.15, -0.1) is 0 Å². The van der Waals surface area contributed by atoms with E-state index in [1.807, 2.05) is 48.5 Å². The number of benzene rings is 2. The molecule has 0 atom stereocenters. The minimum absolute atomic E-state index is 0.0341. The summed E-state index contributed by atoms with van der Waals surface area (Å²) in [6, 6.07) is 23.4. The van der Waals surface area contributed by atoms with Crippen molar-refractivity contribution in [2.75, 3.05) is 6.54 Å². The Hall–Kier alpha value is -3.14. The molecule has 0 spiro atoms. The van der Waals surface area contributed by atoms with Crippen LogP contribution in [-0.2, 0) is 5.41 Å². The fraction of sp³-hybridized carbons (Fsp3) is 0.250. The third kappa shape index (κ3) is 3.63. The van der Waals surface area contributed by atoms with Gasteiger partial charge in [0, 0.05) is 17.7 Å². The number of H-pyrrole nitrogens is 1. The zero-order valence-corrected chi connectivity index (χ0v) is 15.8. The molecule has 0 unspecified atom stereocenters. The van der Waals surface area contributed by atoms with Crippen LogP contribution in [0.5, 0.6) is 0 Å². The molecule has 2 aromatic carbocycles. The number of carbonyl (C=O) groups excluding carboxylic acids is 1. The van der Waals surface area contributed by atoms with Crippen LogP contribution in [0.2, 0.25) is 0 Å². The maximum atomic E-state index is 12.7. The van der Waals surface area contributed by atoms with Crippen molar-refractivity contribution in [1.29, 1.82) is 0 Å². The molecule has 28 heavy (non-hydrogen) atoms. The van der Waals surface area contributed by atoms with Crippen LogP contribution in [0.15, 0.2) is 77.6 Å². The highest BCUT2D eigenvalue weighted by atomic mass is 16.2. The highest BCUT2D eigenvalue weighted by Gasteiger charge is 2.35. The van der Waals surface area contributed by atoms with Crippen molar-refractivity contribution in [2.45, 2.75) is 31.1 Å². The molecule has 1 fully saturated rings. The molecule has 2 N–H and O–H groups in total. The van der Waals surface area contributed by atoms with E-state index in [-0.39, 0.29) is 22.4 Å². The molecule has 4 heteroatoms. The van der Waals surface area contributed by atoms with E-state index in [4.69, 9.17) is 0 Å². The fourth-order valence-electron chi connectivity index (χ4n) is 4.19. The molecule has 0 saturated heterocycles. The van der Waals surface area contributed by atoms with Gasteiger partial charge in [0.2, 0.25) is 0 Å². The molecule has 1 saturated carbocycles. The van der Waals surface area contributed by atoms with Crippen LogP contribution in [0, 0.1) is 0 Å². The van der Waals surface area contributed by atoms with E-state index in [2.05, 4.69) is 22.4 Å². The molecule has 0 bridgehead atoms. The van der Waals surface area contributed by atoms with Gasteiger partial charge in [-0.1, -0.05) is 73.5 Å². The highest BCUT2D eigenvalue weighted by Crippen LogP contribution is 2.40. The molecule has 1 aliphatic rings. The molecule has 1 aliphatic carbocycles. The Morgan fingerprint density at radius 3 is 2.18 bits per heavy atom. The first-order chi connectivity index (χ1) is 13.7. The molecule has 1 amide bonds. The minimum Gasteiger partial charge on any atom is -0.351 e. The van der Waals surface area contributed by atoms with Crippen LogP contribution in [0.1, 0.15) is 41.6 Å². The summed E-state index contributed by atoms with van der Waals surface area (Å²) < 4.78 is 0. The molecular weight excluding hydrogens is 348 g/mol. The van der Waals surface area contributed by atoms with E-state index in [0.717, 1.165) is 31.2 Å². The van der Waals surface area contributed by atoms with E-state index in [9.17, 15) is 9.59 Å². The van der Waals surface area contributed by atoms with Crippen LogP contribution in [0.4, 0.5) is 0 Å². The predicted molar refractivity (Wildman–Crippen MR) is 111 cm³/mol. The second-order valence-electron chi connectivity index (χ2n) is 7.52. The number of rotatable bonds is 5. The first kappa shape index (κ1) is 18.2. The Bertz CT molecular complexity index is 1000. The van der Waals surface area contributed by atoms with E-state index < -0.39 is 0 Å². The summed E-state index contributed by atoms with van der Waals surface area (Å²) in [6.45, 7) is 0.551. The zero-order valence-electron chi connectivity index (χ0n) is 15.8. The molecular formula is C24H24N2O2. The van der Waals surface area contributed by atoms with Crippen LogP contribution in [-0.4, -0.2) is 17.4 Å². The molecule has 4 rings (SSSR count). The summed E-state index contributed by atoms with van der Waals surface area (Å²) in [5, 5.41) is 3.02. The second-order valence-corrected chi connectivity index (χ2v) is 7.52. The summed E-state index contributed by atoms with van der Waals surface area (Å²) in [5.74, 6) is -0.317. The molecule has 0 aliphatic heterocycles. The third-order valence-corrected chi connectivity index (χ3v) is 5.77. The summed E-state index contributed by atoms with van der Waals surface area (Å²) in [7, 11) is 0. The Kier molecular flexibility index (Phi) is 5.11. The van der Waals surface area contributed by atoms with Crippen molar-refractivity contribution in [2.24, 2.45) is 0 Å². The number of nitrogens with one attached hydrogen (secondary N) is 2. The van der Waals surface area contributed by atoms with E-state index in [0.29, 0.717) is 12.2 Å². The number of hydrogen-bond acceptors (Lipinski definition) is 2. The van der Waals surface area contributed by atoms with Gasteiger partial charge in [0.25, 0.3) is 11.5 Å². The minimum atomic E-state index is -0.362. The van der Waals surface area contributed by atoms with Crippen molar-refractivity contribution in [1.82, 2.24) is 10.3 Å². The van der Waals surface area contributed by atoms with Crippen LogP contribution < -0.4 is 10.9 Å². The quantitative estimate of drug-likeness (QED) is 0.702. The van der Waals surface area contributed by atoms with Gasteiger partial charge in [0.15, 0.2) is 0 Å². The van der Waals surface area contributed by atoms with Gasteiger partial charge in [-0.2, -0.15) is 0 Å². The van der Waals surface area contributed by atoms with Gasteiger partial charge in [-0.3, -0.25) is 9.59 Å². The standard InChI is InChI=1S/C24H24N2O2/c27-22(20-13-14-21(26-23(20)28)18-9-3-1-4-10-18)25-17-24(15-7-8-16-24)19-11-5-2-6-12-19/h1-6,9-14H,7-8,15-17H2,(H,25,27)(H,26,28). The maximum Gasteiger partial charge on any atom is 0.261 e. The number of carbonyl (C=O) groups is 1. The van der Waals surface area contributed by atoms with Crippen molar-refractivity contribution in [3.05, 3.63) is 94.3 Å². The predicted octanol–water partition coefficient (Wildman–Crippen LogP) is 4.28. The van der Waals surface area contributed by atoms with Gasteiger partial charge < -0.3 is 10.3 Å². The Morgan fingerprint density at radius 1 is 0.893 bits per heavy atom. The first-order valence-corrected chi connectivity index (χ1v) is 9.80. The van der Waals surface area contributed by atoms with Crippen LogP contribution in [0.3, 0.4) is 0 Å². The van der Waals surface area contributed by atoms with Gasteiger partial charge in [0.05, 0.1) is 0 Å². The molecule has 3 aromatic rings. The zero-order chi connectivity index (χ0) is 19.4. The monoisotopic (exact) mass is 372 g/mol. The molecule has 142 valence electrons. The summed E-state index contributed by atoms with van der Waals surface area (Å²) >= 11 is 0. The summed E-state index contributed by atoms with van der Waals surface area (Å²) in [5.41, 5.74) is 2.65. The van der Waals surface area contributed by atoms with Crippen molar-refractivity contribution in [3.8, 4) is 11.3 Å². The molecule has 1 heterocycles. The number of aromatic nitrogens is 1. The van der Waals surface area contributed by atoms with Crippen LogP contribution in [0.25, 0.3) is 11.3 Å². The van der Waals surface area contributed by atoms with Gasteiger partial charge >= 0.3 is 0 Å². The number of hydrogen-bond donors (Lipinski definition) is 2. The Morgan fingerprint density at radius 2 is 1.54 bits per heavy atom. The van der Waals surface area contributed by atoms with Gasteiger partial charge in [-0.25, -0.2) is 0 Å². The number of aromatic amines is 1. The Balaban J connectivity index is 1.51. The highest BCUT2D eigenvalue weighted by molar-refractivity contribution is 5.94. The number of amides is 1. The lowest BCUT2D eigenvalue weighted by Gasteiger charge is -2.30. The van der Waals surface area contributed by atoms with E-state index in [1.54, 1.807) is 12.1 Å². The number of pyridine rings is 1. The van der Waals surface area contributed by atoms with Crippen molar-refractivity contribution >= 4 is 5.91 Å². The lowest BCUT2D eigenvalue weighted by molar-refractivity contribution is 0.0941. The van der Waals surface area contributed by atoms with Crippen molar-refractivity contribution in [3.63, 3.8) is 0 Å². The topological polar surface area (TPSA) is 62.0 Å². The fourth-order valence-corrected chi connectivity index (χ4v) is 4.19. The largest absolute Gasteiger partial charge is 0.351 e. The molecule has 1 aromatic heterocycles. The van der Waals surface area contributed by atoms with Crippen LogP contribution >= 0.6 is 0 Å². The summed E-state index contributed by atoms with van der Waals surface area (Å²) in [6.07, 6.45) is 4.44. The SMILES string of the molecule is O=C(NCC1(c2ccccc2)CCCC1)c1ccc(-c2ccccc2)[nH]c1=O. The van der Waals surface area contributed by atoms with Crippen molar-refractivity contribution < 1.29 is 4.79 Å². The van der Waals surface area contributed by atoms with E-state index >= 15 is 0 Å². The average Bonchev–Trinajstić information content (AvgIpc) is 3.23. The Labute approximate surface area is 164 Å². The normalized spacial score (nSPS) is 15.3. The molecule has 4 nitrogen and oxygen atoms in total.